The topological polar surface area (TPSA) is 78.9 Å². The molecule has 386 valence electrons. The fraction of sp³-hybridized carbons (Fsp3) is 0.949. The number of carbonyl (C=O) groups is 3. The van der Waals surface area contributed by atoms with Crippen molar-refractivity contribution in [3.8, 4) is 0 Å². The second-order valence-electron chi connectivity index (χ2n) is 20.5. The zero-order chi connectivity index (χ0) is 47.4. The molecule has 0 aromatic heterocycles. The smallest absolute Gasteiger partial charge is 0.306 e. The number of unbranched alkanes of at least 4 members (excludes halogenated alkanes) is 40. The first-order valence-electron chi connectivity index (χ1n) is 29.4. The molecule has 1 unspecified atom stereocenters. The van der Waals surface area contributed by atoms with Gasteiger partial charge in [0, 0.05) is 19.3 Å². The quantitative estimate of drug-likeness (QED) is 0.0344. The van der Waals surface area contributed by atoms with Gasteiger partial charge in [-0.3, -0.25) is 14.4 Å². The molecule has 0 aliphatic carbocycles. The van der Waals surface area contributed by atoms with Crippen LogP contribution in [-0.2, 0) is 28.6 Å². The van der Waals surface area contributed by atoms with Gasteiger partial charge in [-0.2, -0.15) is 0 Å². The molecular formula is C59H114O6. The highest BCUT2D eigenvalue weighted by Crippen LogP contribution is 2.18. The zero-order valence-corrected chi connectivity index (χ0v) is 44.5. The minimum atomic E-state index is -0.762. The molecule has 0 aliphatic heterocycles. The maximum absolute atomic E-state index is 12.8. The molecule has 65 heavy (non-hydrogen) atoms. The van der Waals surface area contributed by atoms with E-state index in [4.69, 9.17) is 14.2 Å². The molecule has 0 amide bonds. The number of carbonyl (C=O) groups excluding carboxylic acids is 3. The van der Waals surface area contributed by atoms with Crippen LogP contribution in [-0.4, -0.2) is 37.2 Å². The van der Waals surface area contributed by atoms with Crippen molar-refractivity contribution in [3.05, 3.63) is 0 Å². The predicted octanol–water partition coefficient (Wildman–Crippen LogP) is 19.4. The normalized spacial score (nSPS) is 12.4. The van der Waals surface area contributed by atoms with Crippen LogP contribution in [0.2, 0.25) is 0 Å². The van der Waals surface area contributed by atoms with E-state index in [1.807, 2.05) is 0 Å². The highest BCUT2D eigenvalue weighted by atomic mass is 16.6. The standard InChI is InChI=1S/C59H114O6/c1-5-8-10-12-14-16-18-20-22-27-30-34-38-42-46-50-57(60)63-53-56(65-59(62)52-48-44-40-36-32-26-21-19-17-15-13-11-9-6-2)54-64-58(61)51-47-43-39-35-31-28-24-23-25-29-33-37-41-45-49-55(4)7-3/h55-56H,5-54H2,1-4H3/t55?,56-/m1/s1. The van der Waals surface area contributed by atoms with Crippen LogP contribution in [0.25, 0.3) is 0 Å². The molecule has 6 nitrogen and oxygen atoms in total. The summed E-state index contributed by atoms with van der Waals surface area (Å²) in [6.07, 6.45) is 58.0. The van der Waals surface area contributed by atoms with E-state index in [9.17, 15) is 14.4 Å². The maximum Gasteiger partial charge on any atom is 0.306 e. The van der Waals surface area contributed by atoms with Gasteiger partial charge in [0.2, 0.25) is 0 Å². The molecule has 0 aliphatic rings. The maximum atomic E-state index is 12.8. The van der Waals surface area contributed by atoms with E-state index in [1.54, 1.807) is 0 Å². The van der Waals surface area contributed by atoms with E-state index < -0.39 is 6.10 Å². The summed E-state index contributed by atoms with van der Waals surface area (Å²) < 4.78 is 16.9. The molecule has 0 spiro atoms. The van der Waals surface area contributed by atoms with Gasteiger partial charge in [-0.15, -0.1) is 0 Å². The van der Waals surface area contributed by atoms with E-state index in [0.29, 0.717) is 19.3 Å². The predicted molar refractivity (Wildman–Crippen MR) is 280 cm³/mol. The number of hydrogen-bond acceptors (Lipinski definition) is 6. The van der Waals surface area contributed by atoms with Gasteiger partial charge >= 0.3 is 17.9 Å². The van der Waals surface area contributed by atoms with Gasteiger partial charge in [-0.05, 0) is 25.2 Å². The highest BCUT2D eigenvalue weighted by molar-refractivity contribution is 5.71. The summed E-state index contributed by atoms with van der Waals surface area (Å²) in [7, 11) is 0. The molecule has 0 heterocycles. The molecule has 0 fully saturated rings. The summed E-state index contributed by atoms with van der Waals surface area (Å²) >= 11 is 0. The molecular weight excluding hydrogens is 805 g/mol. The van der Waals surface area contributed by atoms with Crippen LogP contribution >= 0.6 is 0 Å². The first kappa shape index (κ1) is 63.4. The minimum absolute atomic E-state index is 0.0617. The molecule has 0 bridgehead atoms. The van der Waals surface area contributed by atoms with Gasteiger partial charge in [0.05, 0.1) is 0 Å². The molecule has 0 rings (SSSR count). The molecule has 6 heteroatoms. The Hall–Kier alpha value is -1.59. The lowest BCUT2D eigenvalue weighted by Crippen LogP contribution is -2.30. The van der Waals surface area contributed by atoms with E-state index in [-0.39, 0.29) is 31.1 Å². The molecule has 0 aromatic carbocycles. The molecule has 0 radical (unpaired) electrons. The first-order chi connectivity index (χ1) is 31.9. The second-order valence-corrected chi connectivity index (χ2v) is 20.5. The van der Waals surface area contributed by atoms with Crippen molar-refractivity contribution in [2.45, 2.75) is 342 Å². The summed E-state index contributed by atoms with van der Waals surface area (Å²) in [6, 6.07) is 0. The van der Waals surface area contributed by atoms with Crippen LogP contribution in [0.15, 0.2) is 0 Å². The Morgan fingerprint density at radius 3 is 0.800 bits per heavy atom. The number of rotatable bonds is 54. The first-order valence-corrected chi connectivity index (χ1v) is 29.4. The molecule has 0 saturated carbocycles. The molecule has 0 aromatic rings. The number of ether oxygens (including phenoxy) is 3. The zero-order valence-electron chi connectivity index (χ0n) is 44.5. The average Bonchev–Trinajstić information content (AvgIpc) is 3.30. The fourth-order valence-electron chi connectivity index (χ4n) is 9.07. The Bertz CT molecular complexity index is 982. The third-order valence-corrected chi connectivity index (χ3v) is 13.9. The van der Waals surface area contributed by atoms with Gasteiger partial charge in [0.1, 0.15) is 13.2 Å². The van der Waals surface area contributed by atoms with Crippen LogP contribution < -0.4 is 0 Å². The summed E-state index contributed by atoms with van der Waals surface area (Å²) in [6.45, 7) is 9.10. The SMILES string of the molecule is CCCCCCCCCCCCCCCCCC(=O)OC[C@H](COC(=O)CCCCCCCCCCCCCCCCC(C)CC)OC(=O)CCCCCCCCCCCCCCCC. The lowest BCUT2D eigenvalue weighted by atomic mass is 9.99. The van der Waals surface area contributed by atoms with Crippen LogP contribution in [0.1, 0.15) is 336 Å². The Balaban J connectivity index is 4.28. The molecule has 0 N–H and O–H groups in total. The minimum Gasteiger partial charge on any atom is -0.462 e. The fourth-order valence-corrected chi connectivity index (χ4v) is 9.07. The summed E-state index contributed by atoms with van der Waals surface area (Å²) in [5.74, 6) is 0.0623. The van der Waals surface area contributed by atoms with Crippen molar-refractivity contribution in [3.63, 3.8) is 0 Å². The van der Waals surface area contributed by atoms with E-state index in [0.717, 1.165) is 63.7 Å². The van der Waals surface area contributed by atoms with Crippen molar-refractivity contribution in [1.82, 2.24) is 0 Å². The largest absolute Gasteiger partial charge is 0.462 e. The van der Waals surface area contributed by atoms with Gasteiger partial charge in [0.15, 0.2) is 6.10 Å². The van der Waals surface area contributed by atoms with Crippen molar-refractivity contribution in [2.24, 2.45) is 5.92 Å². The summed E-state index contributed by atoms with van der Waals surface area (Å²) in [5.41, 5.74) is 0. The van der Waals surface area contributed by atoms with Crippen LogP contribution in [0.4, 0.5) is 0 Å². The Labute approximate surface area is 406 Å². The van der Waals surface area contributed by atoms with Crippen molar-refractivity contribution in [1.29, 1.82) is 0 Å². The number of hydrogen-bond donors (Lipinski definition) is 0. The van der Waals surface area contributed by atoms with Crippen molar-refractivity contribution < 1.29 is 28.6 Å². The Morgan fingerprint density at radius 2 is 0.538 bits per heavy atom. The van der Waals surface area contributed by atoms with Crippen molar-refractivity contribution >= 4 is 17.9 Å². The number of esters is 3. The third-order valence-electron chi connectivity index (χ3n) is 13.9. The van der Waals surface area contributed by atoms with E-state index >= 15 is 0 Å². The average molecular weight is 920 g/mol. The van der Waals surface area contributed by atoms with Gasteiger partial charge < -0.3 is 14.2 Å². The Kier molecular flexibility index (Phi) is 52.1. The monoisotopic (exact) mass is 919 g/mol. The lowest BCUT2D eigenvalue weighted by Gasteiger charge is -2.18. The van der Waals surface area contributed by atoms with Crippen molar-refractivity contribution in [2.75, 3.05) is 13.2 Å². The van der Waals surface area contributed by atoms with Gasteiger partial charge in [-0.1, -0.05) is 297 Å². The Morgan fingerprint density at radius 1 is 0.308 bits per heavy atom. The van der Waals surface area contributed by atoms with Gasteiger partial charge in [-0.25, -0.2) is 0 Å². The van der Waals surface area contributed by atoms with Crippen LogP contribution in [0.5, 0.6) is 0 Å². The highest BCUT2D eigenvalue weighted by Gasteiger charge is 2.19. The lowest BCUT2D eigenvalue weighted by molar-refractivity contribution is -0.167. The van der Waals surface area contributed by atoms with E-state index in [2.05, 4.69) is 27.7 Å². The molecule has 2 atom stereocenters. The van der Waals surface area contributed by atoms with Crippen LogP contribution in [0.3, 0.4) is 0 Å². The second kappa shape index (κ2) is 53.4. The summed E-state index contributed by atoms with van der Waals surface area (Å²) in [5, 5.41) is 0. The van der Waals surface area contributed by atoms with Crippen LogP contribution in [0, 0.1) is 5.92 Å². The molecule has 0 saturated heterocycles. The summed E-state index contributed by atoms with van der Waals surface area (Å²) in [4.78, 5) is 38.1. The third kappa shape index (κ3) is 51.6. The van der Waals surface area contributed by atoms with Gasteiger partial charge in [0.25, 0.3) is 0 Å². The van der Waals surface area contributed by atoms with E-state index in [1.165, 1.54) is 231 Å².